The second-order valence-electron chi connectivity index (χ2n) is 6.79. The van der Waals surface area contributed by atoms with Crippen molar-refractivity contribution >= 4 is 5.69 Å². The first-order valence-corrected chi connectivity index (χ1v) is 9.04. The maximum absolute atomic E-state index is 10.7. The Labute approximate surface area is 159 Å². The highest BCUT2D eigenvalue weighted by atomic mass is 16.6. The normalized spacial score (nSPS) is 17.5. The number of hydrogen-bond donors (Lipinski definition) is 1. The molecule has 2 aromatic rings. The van der Waals surface area contributed by atoms with Crippen LogP contribution in [-0.4, -0.2) is 42.6 Å². The molecule has 0 spiro atoms. The molecule has 1 atom stereocenters. The third kappa shape index (κ3) is 5.18. The molecule has 7 heteroatoms. The Morgan fingerprint density at radius 3 is 2.59 bits per heavy atom. The van der Waals surface area contributed by atoms with E-state index in [9.17, 15) is 10.1 Å². The summed E-state index contributed by atoms with van der Waals surface area (Å²) in [4.78, 5) is 12.7. The van der Waals surface area contributed by atoms with Crippen molar-refractivity contribution < 1.29 is 14.4 Å². The average Bonchev–Trinajstić information content (AvgIpc) is 2.67. The van der Waals surface area contributed by atoms with Crippen molar-refractivity contribution in [2.45, 2.75) is 26.1 Å². The monoisotopic (exact) mass is 371 g/mol. The van der Waals surface area contributed by atoms with Gasteiger partial charge in [-0.15, -0.1) is 0 Å². The summed E-state index contributed by atoms with van der Waals surface area (Å²) in [5.74, 6) is 1.35. The summed E-state index contributed by atoms with van der Waals surface area (Å²) < 4.78 is 11.3. The summed E-state index contributed by atoms with van der Waals surface area (Å²) in [5.41, 5.74) is 2.12. The predicted octanol–water partition coefficient (Wildman–Crippen LogP) is 2.98. The summed E-state index contributed by atoms with van der Waals surface area (Å²) in [6.07, 6.45) is 0. The lowest BCUT2D eigenvalue weighted by Gasteiger charge is -2.31. The molecule has 7 nitrogen and oxygen atoms in total. The minimum Gasteiger partial charge on any atom is -0.493 e. The molecule has 0 amide bonds. The van der Waals surface area contributed by atoms with Gasteiger partial charge >= 0.3 is 0 Å². The molecule has 0 aromatic heterocycles. The first kappa shape index (κ1) is 19.1. The summed E-state index contributed by atoms with van der Waals surface area (Å²) in [6, 6.07) is 12.9. The number of nitrogens with zero attached hydrogens (tertiary/aromatic N) is 2. The molecular weight excluding hydrogens is 346 g/mol. The molecule has 0 unspecified atom stereocenters. The van der Waals surface area contributed by atoms with Gasteiger partial charge in [0.25, 0.3) is 5.69 Å². The molecule has 0 aliphatic carbocycles. The van der Waals surface area contributed by atoms with Gasteiger partial charge in [-0.05, 0) is 42.3 Å². The zero-order valence-electron chi connectivity index (χ0n) is 15.7. The van der Waals surface area contributed by atoms with E-state index >= 15 is 0 Å². The van der Waals surface area contributed by atoms with Crippen molar-refractivity contribution in [1.29, 1.82) is 0 Å². The molecule has 144 valence electrons. The first-order chi connectivity index (χ1) is 13.0. The van der Waals surface area contributed by atoms with Crippen LogP contribution in [0.4, 0.5) is 5.69 Å². The molecule has 1 N–H and O–H groups in total. The molecule has 1 aliphatic heterocycles. The van der Waals surface area contributed by atoms with Crippen LogP contribution in [0.15, 0.2) is 42.5 Å². The van der Waals surface area contributed by atoms with Crippen LogP contribution >= 0.6 is 0 Å². The summed E-state index contributed by atoms with van der Waals surface area (Å²) in [7, 11) is 1.63. The van der Waals surface area contributed by atoms with E-state index in [2.05, 4.69) is 23.2 Å². The minimum atomic E-state index is -0.411. The summed E-state index contributed by atoms with van der Waals surface area (Å²) in [5, 5.41) is 14.2. The number of piperazine rings is 1. The van der Waals surface area contributed by atoms with E-state index in [1.54, 1.807) is 19.2 Å². The average molecular weight is 371 g/mol. The number of ether oxygens (including phenoxy) is 2. The fourth-order valence-corrected chi connectivity index (χ4v) is 3.22. The second-order valence-corrected chi connectivity index (χ2v) is 6.79. The molecule has 27 heavy (non-hydrogen) atoms. The van der Waals surface area contributed by atoms with Crippen molar-refractivity contribution in [3.05, 3.63) is 63.7 Å². The number of non-ortho nitro benzene ring substituents is 1. The first-order valence-electron chi connectivity index (χ1n) is 9.04. The SMILES string of the molecule is COc1cc(CN2CCN[C@H](C)C2)ccc1OCc1ccc([N+](=O)[O-])cc1. The van der Waals surface area contributed by atoms with Crippen molar-refractivity contribution in [3.63, 3.8) is 0 Å². The molecule has 1 saturated heterocycles. The van der Waals surface area contributed by atoms with Gasteiger partial charge < -0.3 is 14.8 Å². The van der Waals surface area contributed by atoms with Crippen molar-refractivity contribution in [3.8, 4) is 11.5 Å². The van der Waals surface area contributed by atoms with Crippen molar-refractivity contribution in [2.75, 3.05) is 26.7 Å². The van der Waals surface area contributed by atoms with Gasteiger partial charge in [0, 0.05) is 44.4 Å². The third-order valence-corrected chi connectivity index (χ3v) is 4.63. The zero-order valence-corrected chi connectivity index (χ0v) is 15.7. The number of benzene rings is 2. The van der Waals surface area contributed by atoms with Crippen LogP contribution in [0.1, 0.15) is 18.1 Å². The van der Waals surface area contributed by atoms with E-state index in [4.69, 9.17) is 9.47 Å². The molecule has 1 aliphatic rings. The molecule has 1 heterocycles. The van der Waals surface area contributed by atoms with Gasteiger partial charge in [-0.2, -0.15) is 0 Å². The van der Waals surface area contributed by atoms with Crippen molar-refractivity contribution in [1.82, 2.24) is 10.2 Å². The molecular formula is C20H25N3O4. The molecule has 0 saturated carbocycles. The van der Waals surface area contributed by atoms with E-state index < -0.39 is 4.92 Å². The lowest BCUT2D eigenvalue weighted by Crippen LogP contribution is -2.48. The highest BCUT2D eigenvalue weighted by Crippen LogP contribution is 2.29. The second kappa shape index (κ2) is 8.83. The molecule has 0 bridgehead atoms. The van der Waals surface area contributed by atoms with Crippen LogP contribution < -0.4 is 14.8 Å². The summed E-state index contributed by atoms with van der Waals surface area (Å²) >= 11 is 0. The number of rotatable bonds is 7. The maximum atomic E-state index is 10.7. The van der Waals surface area contributed by atoms with E-state index in [1.165, 1.54) is 17.7 Å². The Hall–Kier alpha value is -2.64. The largest absolute Gasteiger partial charge is 0.493 e. The van der Waals surface area contributed by atoms with Gasteiger partial charge in [-0.1, -0.05) is 6.07 Å². The Bertz CT molecular complexity index is 779. The fraction of sp³-hybridized carbons (Fsp3) is 0.400. The van der Waals surface area contributed by atoms with Gasteiger partial charge in [0.1, 0.15) is 6.61 Å². The van der Waals surface area contributed by atoms with Gasteiger partial charge in [0.15, 0.2) is 11.5 Å². The number of nitrogens with one attached hydrogen (secondary N) is 1. The highest BCUT2D eigenvalue weighted by Gasteiger charge is 2.16. The van der Waals surface area contributed by atoms with Gasteiger partial charge in [0.2, 0.25) is 0 Å². The Morgan fingerprint density at radius 2 is 1.93 bits per heavy atom. The zero-order chi connectivity index (χ0) is 19.2. The molecule has 0 radical (unpaired) electrons. The smallest absolute Gasteiger partial charge is 0.269 e. The van der Waals surface area contributed by atoms with E-state index in [0.717, 1.165) is 31.7 Å². The van der Waals surface area contributed by atoms with Crippen LogP contribution in [0.5, 0.6) is 11.5 Å². The van der Waals surface area contributed by atoms with E-state index in [0.29, 0.717) is 24.1 Å². The van der Waals surface area contributed by atoms with Crippen LogP contribution in [0, 0.1) is 10.1 Å². The fourth-order valence-electron chi connectivity index (χ4n) is 3.22. The standard InChI is InChI=1S/C20H25N3O4/c1-15-12-22(10-9-21-15)13-17-5-8-19(20(11-17)26-2)27-14-16-3-6-18(7-4-16)23(24)25/h3-8,11,15,21H,9-10,12-14H2,1-2H3/t15-/m1/s1. The van der Waals surface area contributed by atoms with Gasteiger partial charge in [0.05, 0.1) is 12.0 Å². The molecule has 1 fully saturated rings. The van der Waals surface area contributed by atoms with E-state index in [1.807, 2.05) is 12.1 Å². The van der Waals surface area contributed by atoms with Crippen LogP contribution in [-0.2, 0) is 13.2 Å². The van der Waals surface area contributed by atoms with Gasteiger partial charge in [-0.25, -0.2) is 0 Å². The Kier molecular flexibility index (Phi) is 6.26. The van der Waals surface area contributed by atoms with Crippen LogP contribution in [0.2, 0.25) is 0 Å². The maximum Gasteiger partial charge on any atom is 0.269 e. The number of methoxy groups -OCH3 is 1. The molecule has 2 aromatic carbocycles. The third-order valence-electron chi connectivity index (χ3n) is 4.63. The highest BCUT2D eigenvalue weighted by molar-refractivity contribution is 5.43. The Balaban J connectivity index is 1.62. The van der Waals surface area contributed by atoms with Crippen LogP contribution in [0.3, 0.4) is 0 Å². The number of nitro benzene ring substituents is 1. The lowest BCUT2D eigenvalue weighted by molar-refractivity contribution is -0.384. The topological polar surface area (TPSA) is 76.9 Å². The number of hydrogen-bond acceptors (Lipinski definition) is 6. The Morgan fingerprint density at radius 1 is 1.19 bits per heavy atom. The molecule has 3 rings (SSSR count). The quantitative estimate of drug-likeness (QED) is 0.596. The van der Waals surface area contributed by atoms with Crippen LogP contribution in [0.25, 0.3) is 0 Å². The van der Waals surface area contributed by atoms with Gasteiger partial charge in [-0.3, -0.25) is 15.0 Å². The lowest BCUT2D eigenvalue weighted by atomic mass is 10.1. The number of nitro groups is 1. The van der Waals surface area contributed by atoms with Crippen molar-refractivity contribution in [2.24, 2.45) is 0 Å². The minimum absolute atomic E-state index is 0.0721. The predicted molar refractivity (Wildman–Crippen MR) is 103 cm³/mol. The van der Waals surface area contributed by atoms with E-state index in [-0.39, 0.29) is 5.69 Å². The summed E-state index contributed by atoms with van der Waals surface area (Å²) in [6.45, 7) is 6.47.